The van der Waals surface area contributed by atoms with Gasteiger partial charge in [-0.25, -0.2) is 8.42 Å². The third kappa shape index (κ3) is 4.09. The van der Waals surface area contributed by atoms with Crippen LogP contribution in [0.3, 0.4) is 0 Å². The topological polar surface area (TPSA) is 89.3 Å². The molecule has 1 fully saturated rings. The second-order valence-corrected chi connectivity index (χ2v) is 6.54. The normalized spacial score (nSPS) is 20.4. The van der Waals surface area contributed by atoms with Crippen LogP contribution >= 0.6 is 0 Å². The van der Waals surface area contributed by atoms with E-state index in [1.807, 2.05) is 4.72 Å². The zero-order valence-electron chi connectivity index (χ0n) is 9.66. The molecule has 6 heteroatoms. The van der Waals surface area contributed by atoms with Gasteiger partial charge in [0.1, 0.15) is 0 Å². The average Bonchev–Trinajstić information content (AvgIpc) is 2.17. The highest BCUT2D eigenvalue weighted by molar-refractivity contribution is 7.90. The van der Waals surface area contributed by atoms with Gasteiger partial charge in [-0.3, -0.25) is 9.52 Å². The van der Waals surface area contributed by atoms with Crippen LogP contribution in [-0.2, 0) is 14.8 Å². The maximum atomic E-state index is 11.5. The van der Waals surface area contributed by atoms with Gasteiger partial charge in [-0.05, 0) is 19.8 Å². The Kier molecular flexibility index (Phi) is 4.32. The number of rotatable bonds is 4. The molecule has 0 aromatic carbocycles. The lowest BCUT2D eigenvalue weighted by Gasteiger charge is -2.32. The van der Waals surface area contributed by atoms with Gasteiger partial charge >= 0.3 is 0 Å². The summed E-state index contributed by atoms with van der Waals surface area (Å²) < 4.78 is 24.4. The molecular formula is C10H20N2O3S. The maximum Gasteiger partial charge on any atom is 0.235 e. The molecule has 0 heterocycles. The van der Waals surface area contributed by atoms with Crippen LogP contribution < -0.4 is 10.5 Å². The molecule has 1 amide bonds. The summed E-state index contributed by atoms with van der Waals surface area (Å²) in [4.78, 5) is 11.5. The predicted octanol–water partition coefficient (Wildman–Crippen LogP) is 0.504. The Hall–Kier alpha value is -0.620. The SMILES string of the molecule is CCS(=O)(=O)NC(=O)CC1(N)CCCCC1. The molecule has 1 saturated carbocycles. The molecule has 0 bridgehead atoms. The standard InChI is InChI=1S/C10H20N2O3S/c1-2-16(14,15)12-9(13)8-10(11)6-4-3-5-7-10/h2-8,11H2,1H3,(H,12,13). The van der Waals surface area contributed by atoms with Crippen LogP contribution in [0, 0.1) is 0 Å². The van der Waals surface area contributed by atoms with E-state index in [0.29, 0.717) is 0 Å². The minimum absolute atomic E-state index is 0.0870. The van der Waals surface area contributed by atoms with E-state index in [1.165, 1.54) is 6.92 Å². The van der Waals surface area contributed by atoms with Gasteiger partial charge in [-0.1, -0.05) is 19.3 Å². The zero-order chi connectivity index (χ0) is 12.2. The van der Waals surface area contributed by atoms with E-state index in [4.69, 9.17) is 5.73 Å². The number of carbonyl (C=O) groups excluding carboxylic acids is 1. The molecule has 16 heavy (non-hydrogen) atoms. The van der Waals surface area contributed by atoms with Gasteiger partial charge in [0, 0.05) is 12.0 Å². The number of hydrogen-bond acceptors (Lipinski definition) is 4. The molecule has 0 spiro atoms. The third-order valence-corrected chi connectivity index (χ3v) is 4.31. The Labute approximate surface area is 96.8 Å². The molecule has 0 aromatic rings. The van der Waals surface area contributed by atoms with Crippen LogP contribution in [0.1, 0.15) is 45.4 Å². The lowest BCUT2D eigenvalue weighted by atomic mass is 9.80. The van der Waals surface area contributed by atoms with Crippen LogP contribution in [0.4, 0.5) is 0 Å². The Morgan fingerprint density at radius 2 is 1.88 bits per heavy atom. The molecule has 0 aliphatic heterocycles. The van der Waals surface area contributed by atoms with E-state index >= 15 is 0 Å². The summed E-state index contributed by atoms with van der Waals surface area (Å²) in [6, 6.07) is 0. The summed E-state index contributed by atoms with van der Waals surface area (Å²) in [5.41, 5.74) is 5.56. The number of hydrogen-bond donors (Lipinski definition) is 2. The summed E-state index contributed by atoms with van der Waals surface area (Å²) in [5.74, 6) is -0.567. The van der Waals surface area contributed by atoms with Crippen molar-refractivity contribution in [3.05, 3.63) is 0 Å². The van der Waals surface area contributed by atoms with Crippen molar-refractivity contribution in [1.82, 2.24) is 4.72 Å². The molecule has 0 atom stereocenters. The van der Waals surface area contributed by atoms with Crippen LogP contribution in [-0.4, -0.2) is 25.6 Å². The van der Waals surface area contributed by atoms with Gasteiger partial charge in [0.15, 0.2) is 0 Å². The number of nitrogens with one attached hydrogen (secondary N) is 1. The minimum Gasteiger partial charge on any atom is -0.325 e. The van der Waals surface area contributed by atoms with E-state index in [2.05, 4.69) is 0 Å². The highest BCUT2D eigenvalue weighted by Crippen LogP contribution is 2.28. The van der Waals surface area contributed by atoms with Crippen LogP contribution in [0.25, 0.3) is 0 Å². The summed E-state index contributed by atoms with van der Waals surface area (Å²) in [6.45, 7) is 1.49. The van der Waals surface area contributed by atoms with Crippen molar-refractivity contribution in [3.8, 4) is 0 Å². The van der Waals surface area contributed by atoms with E-state index in [0.717, 1.165) is 32.1 Å². The van der Waals surface area contributed by atoms with Crippen molar-refractivity contribution < 1.29 is 13.2 Å². The van der Waals surface area contributed by atoms with Gasteiger partial charge in [0.25, 0.3) is 0 Å². The van der Waals surface area contributed by atoms with E-state index in [9.17, 15) is 13.2 Å². The molecule has 94 valence electrons. The van der Waals surface area contributed by atoms with Gasteiger partial charge in [-0.2, -0.15) is 0 Å². The first-order valence-corrected chi connectivity index (χ1v) is 7.34. The van der Waals surface area contributed by atoms with Gasteiger partial charge in [-0.15, -0.1) is 0 Å². The van der Waals surface area contributed by atoms with Crippen molar-refractivity contribution in [2.24, 2.45) is 5.73 Å². The van der Waals surface area contributed by atoms with Gasteiger partial charge in [0.05, 0.1) is 5.75 Å². The average molecular weight is 248 g/mol. The molecule has 0 unspecified atom stereocenters. The number of sulfonamides is 1. The Morgan fingerprint density at radius 3 is 2.38 bits per heavy atom. The fourth-order valence-electron chi connectivity index (χ4n) is 2.03. The second-order valence-electron chi connectivity index (χ2n) is 4.53. The molecule has 0 saturated heterocycles. The second kappa shape index (κ2) is 5.14. The molecule has 3 N–H and O–H groups in total. The Balaban J connectivity index is 2.50. The fraction of sp³-hybridized carbons (Fsp3) is 0.900. The molecule has 0 aromatic heterocycles. The number of amides is 1. The highest BCUT2D eigenvalue weighted by Gasteiger charge is 2.30. The highest BCUT2D eigenvalue weighted by atomic mass is 32.2. The van der Waals surface area contributed by atoms with E-state index < -0.39 is 21.5 Å². The lowest BCUT2D eigenvalue weighted by Crippen LogP contribution is -2.47. The van der Waals surface area contributed by atoms with Gasteiger partial charge in [0.2, 0.25) is 15.9 Å². The summed E-state index contributed by atoms with van der Waals surface area (Å²) in [6.07, 6.45) is 4.88. The number of carbonyl (C=O) groups is 1. The first-order chi connectivity index (χ1) is 7.37. The first kappa shape index (κ1) is 13.4. The summed E-state index contributed by atoms with van der Waals surface area (Å²) in [5, 5.41) is 0. The van der Waals surface area contributed by atoms with Crippen molar-refractivity contribution >= 4 is 15.9 Å². The zero-order valence-corrected chi connectivity index (χ0v) is 10.5. The molecular weight excluding hydrogens is 228 g/mol. The maximum absolute atomic E-state index is 11.5. The summed E-state index contributed by atoms with van der Waals surface area (Å²) in [7, 11) is -3.45. The molecule has 1 aliphatic rings. The van der Waals surface area contributed by atoms with Crippen molar-refractivity contribution in [2.45, 2.75) is 51.0 Å². The summed E-state index contributed by atoms with van der Waals surface area (Å²) >= 11 is 0. The van der Waals surface area contributed by atoms with Crippen molar-refractivity contribution in [2.75, 3.05) is 5.75 Å². The third-order valence-electron chi connectivity index (χ3n) is 3.01. The largest absolute Gasteiger partial charge is 0.325 e. The Morgan fingerprint density at radius 1 is 1.31 bits per heavy atom. The van der Waals surface area contributed by atoms with Gasteiger partial charge < -0.3 is 5.73 Å². The first-order valence-electron chi connectivity index (χ1n) is 5.69. The van der Waals surface area contributed by atoms with Crippen LogP contribution in [0.15, 0.2) is 0 Å². The smallest absolute Gasteiger partial charge is 0.235 e. The predicted molar refractivity (Wildman–Crippen MR) is 62.2 cm³/mol. The van der Waals surface area contributed by atoms with Crippen LogP contribution in [0.5, 0.6) is 0 Å². The molecule has 0 radical (unpaired) electrons. The molecule has 1 aliphatic carbocycles. The fourth-order valence-corrected chi connectivity index (χ4v) is 2.60. The van der Waals surface area contributed by atoms with Crippen molar-refractivity contribution in [1.29, 1.82) is 0 Å². The molecule has 5 nitrogen and oxygen atoms in total. The Bertz CT molecular complexity index is 345. The van der Waals surface area contributed by atoms with Crippen LogP contribution in [0.2, 0.25) is 0 Å². The quantitative estimate of drug-likeness (QED) is 0.758. The number of nitrogens with two attached hydrogens (primary N) is 1. The molecule has 1 rings (SSSR count). The van der Waals surface area contributed by atoms with E-state index in [1.54, 1.807) is 0 Å². The minimum atomic E-state index is -3.45. The van der Waals surface area contributed by atoms with E-state index in [-0.39, 0.29) is 12.2 Å². The van der Waals surface area contributed by atoms with Crippen molar-refractivity contribution in [3.63, 3.8) is 0 Å². The lowest BCUT2D eigenvalue weighted by molar-refractivity contribution is -0.120. The monoisotopic (exact) mass is 248 g/mol.